The predicted octanol–water partition coefficient (Wildman–Crippen LogP) is 2.60. The molecule has 1 aromatic rings. The van der Waals surface area contributed by atoms with Gasteiger partial charge in [-0.15, -0.1) is 0 Å². The lowest BCUT2D eigenvalue weighted by Crippen LogP contribution is -2.33. The van der Waals surface area contributed by atoms with Crippen LogP contribution < -0.4 is 11.1 Å². The second-order valence-corrected chi connectivity index (χ2v) is 5.61. The molecule has 1 heterocycles. The van der Waals surface area contributed by atoms with Gasteiger partial charge in [-0.25, -0.2) is 9.78 Å². The minimum Gasteiger partial charge on any atom is -0.478 e. The van der Waals surface area contributed by atoms with Crippen LogP contribution in [0.4, 0.5) is 11.5 Å². The van der Waals surface area contributed by atoms with E-state index in [-0.39, 0.29) is 11.3 Å². The predicted molar refractivity (Wildman–Crippen MR) is 75.2 cm³/mol. The molecule has 1 aliphatic rings. The average Bonchev–Trinajstić information content (AvgIpc) is 2.34. The highest BCUT2D eigenvalue weighted by molar-refractivity contribution is 5.94. The Balaban J connectivity index is 2.11. The zero-order chi connectivity index (χ0) is 14.0. The Morgan fingerprint density at radius 1 is 1.47 bits per heavy atom. The van der Waals surface area contributed by atoms with Crippen molar-refractivity contribution >= 4 is 17.5 Å². The van der Waals surface area contributed by atoms with Gasteiger partial charge in [0, 0.05) is 6.04 Å². The summed E-state index contributed by atoms with van der Waals surface area (Å²) in [7, 11) is 0. The first-order valence-electron chi connectivity index (χ1n) is 6.72. The second kappa shape index (κ2) is 5.47. The monoisotopic (exact) mass is 263 g/mol. The van der Waals surface area contributed by atoms with Gasteiger partial charge in [0.25, 0.3) is 0 Å². The van der Waals surface area contributed by atoms with Crippen molar-refractivity contribution in [3.8, 4) is 0 Å². The van der Waals surface area contributed by atoms with Crippen LogP contribution in [0.3, 0.4) is 0 Å². The topological polar surface area (TPSA) is 88.2 Å². The maximum Gasteiger partial charge on any atom is 0.337 e. The Hall–Kier alpha value is -1.78. The second-order valence-electron chi connectivity index (χ2n) is 5.61. The van der Waals surface area contributed by atoms with Crippen molar-refractivity contribution in [1.82, 2.24) is 4.98 Å². The quantitative estimate of drug-likeness (QED) is 0.780. The number of aromatic carboxylic acids is 1. The molecule has 4 N–H and O–H groups in total. The summed E-state index contributed by atoms with van der Waals surface area (Å²) in [6.07, 6.45) is 4.89. The molecule has 19 heavy (non-hydrogen) atoms. The number of nitrogens with one attached hydrogen (secondary N) is 1. The van der Waals surface area contributed by atoms with Crippen molar-refractivity contribution < 1.29 is 9.90 Å². The third-order valence-corrected chi connectivity index (χ3v) is 3.93. The third kappa shape index (κ3) is 3.16. The van der Waals surface area contributed by atoms with Gasteiger partial charge in [-0.2, -0.15) is 0 Å². The number of carboxylic acid groups (broad SMARTS) is 1. The zero-order valence-corrected chi connectivity index (χ0v) is 11.4. The van der Waals surface area contributed by atoms with Crippen LogP contribution in [0.5, 0.6) is 0 Å². The van der Waals surface area contributed by atoms with Crippen LogP contribution in [-0.2, 0) is 0 Å². The SMILES string of the molecule is CC1CCC(Nc2cc(C(=O)O)c(N)cn2)C(C)C1. The van der Waals surface area contributed by atoms with E-state index in [2.05, 4.69) is 24.1 Å². The molecule has 5 heteroatoms. The fourth-order valence-corrected chi connectivity index (χ4v) is 2.80. The number of carboxylic acids is 1. The van der Waals surface area contributed by atoms with Crippen molar-refractivity contribution in [3.63, 3.8) is 0 Å². The Bertz CT molecular complexity index is 476. The fraction of sp³-hybridized carbons (Fsp3) is 0.571. The Morgan fingerprint density at radius 3 is 2.84 bits per heavy atom. The molecule has 5 nitrogen and oxygen atoms in total. The van der Waals surface area contributed by atoms with Gasteiger partial charge in [-0.1, -0.05) is 13.8 Å². The molecular weight excluding hydrogens is 242 g/mol. The normalized spacial score (nSPS) is 26.9. The molecule has 2 rings (SSSR count). The lowest BCUT2D eigenvalue weighted by Gasteiger charge is -2.33. The zero-order valence-electron chi connectivity index (χ0n) is 11.4. The van der Waals surface area contributed by atoms with E-state index >= 15 is 0 Å². The summed E-state index contributed by atoms with van der Waals surface area (Å²) in [6, 6.07) is 1.87. The number of aromatic nitrogens is 1. The first kappa shape index (κ1) is 13.6. The number of nitrogen functional groups attached to an aromatic ring is 1. The van der Waals surface area contributed by atoms with E-state index in [1.165, 1.54) is 25.1 Å². The van der Waals surface area contributed by atoms with Crippen molar-refractivity contribution in [2.24, 2.45) is 11.8 Å². The molecule has 1 aromatic heterocycles. The summed E-state index contributed by atoms with van der Waals surface area (Å²) in [5, 5.41) is 12.4. The van der Waals surface area contributed by atoms with E-state index in [0.29, 0.717) is 17.8 Å². The van der Waals surface area contributed by atoms with Gasteiger partial charge < -0.3 is 16.2 Å². The Kier molecular flexibility index (Phi) is 3.93. The minimum atomic E-state index is -1.02. The lowest BCUT2D eigenvalue weighted by molar-refractivity contribution is 0.0698. The summed E-state index contributed by atoms with van der Waals surface area (Å²) in [4.78, 5) is 15.2. The highest BCUT2D eigenvalue weighted by Gasteiger charge is 2.25. The number of nitrogens with two attached hydrogens (primary N) is 1. The largest absolute Gasteiger partial charge is 0.478 e. The summed E-state index contributed by atoms with van der Waals surface area (Å²) in [5.74, 6) is 0.907. The number of hydrogen-bond acceptors (Lipinski definition) is 4. The highest BCUT2D eigenvalue weighted by atomic mass is 16.4. The van der Waals surface area contributed by atoms with Crippen molar-refractivity contribution in [3.05, 3.63) is 17.8 Å². The molecule has 0 aliphatic heterocycles. The highest BCUT2D eigenvalue weighted by Crippen LogP contribution is 2.30. The maximum absolute atomic E-state index is 11.0. The van der Waals surface area contributed by atoms with Gasteiger partial charge >= 0.3 is 5.97 Å². The standard InChI is InChI=1S/C14H21N3O2/c1-8-3-4-12(9(2)5-8)17-13-6-10(14(18)19)11(15)7-16-13/h6-9,12H,3-5,15H2,1-2H3,(H,16,17)(H,18,19). The molecule has 0 radical (unpaired) electrons. The number of rotatable bonds is 3. The van der Waals surface area contributed by atoms with Gasteiger partial charge in [-0.05, 0) is 37.2 Å². The molecule has 1 fully saturated rings. The third-order valence-electron chi connectivity index (χ3n) is 3.93. The number of hydrogen-bond donors (Lipinski definition) is 3. The van der Waals surface area contributed by atoms with Crippen LogP contribution in [0.2, 0.25) is 0 Å². The molecule has 1 saturated carbocycles. The van der Waals surface area contributed by atoms with Crippen LogP contribution >= 0.6 is 0 Å². The molecule has 0 aromatic carbocycles. The van der Waals surface area contributed by atoms with Gasteiger partial charge in [0.1, 0.15) is 5.82 Å². The van der Waals surface area contributed by atoms with E-state index in [9.17, 15) is 4.79 Å². The van der Waals surface area contributed by atoms with Crippen LogP contribution in [-0.4, -0.2) is 22.1 Å². The van der Waals surface area contributed by atoms with E-state index in [1.54, 1.807) is 0 Å². The number of anilines is 2. The minimum absolute atomic E-state index is 0.106. The molecule has 1 aliphatic carbocycles. The van der Waals surface area contributed by atoms with E-state index in [0.717, 1.165) is 12.3 Å². The molecule has 104 valence electrons. The van der Waals surface area contributed by atoms with E-state index in [1.807, 2.05) is 0 Å². The van der Waals surface area contributed by atoms with Crippen LogP contribution in [0, 0.1) is 11.8 Å². The molecule has 0 bridgehead atoms. The first-order chi connectivity index (χ1) is 8.97. The van der Waals surface area contributed by atoms with Crippen LogP contribution in [0.25, 0.3) is 0 Å². The molecular formula is C14H21N3O2. The average molecular weight is 263 g/mol. The van der Waals surface area contributed by atoms with Gasteiger partial charge in [0.15, 0.2) is 0 Å². The molecule has 0 amide bonds. The van der Waals surface area contributed by atoms with Crippen LogP contribution in [0.15, 0.2) is 12.3 Å². The van der Waals surface area contributed by atoms with Crippen molar-refractivity contribution in [2.75, 3.05) is 11.1 Å². The Morgan fingerprint density at radius 2 is 2.21 bits per heavy atom. The Labute approximate surface area is 113 Å². The smallest absolute Gasteiger partial charge is 0.337 e. The number of nitrogens with zero attached hydrogens (tertiary/aromatic N) is 1. The van der Waals surface area contributed by atoms with Crippen molar-refractivity contribution in [2.45, 2.75) is 39.2 Å². The molecule has 0 spiro atoms. The molecule has 3 atom stereocenters. The summed E-state index contributed by atoms with van der Waals surface area (Å²) in [6.45, 7) is 4.50. The first-order valence-corrected chi connectivity index (χ1v) is 6.72. The molecule has 3 unspecified atom stereocenters. The van der Waals surface area contributed by atoms with E-state index < -0.39 is 5.97 Å². The summed E-state index contributed by atoms with van der Waals surface area (Å²) in [5.41, 5.74) is 5.90. The maximum atomic E-state index is 11.0. The summed E-state index contributed by atoms with van der Waals surface area (Å²) >= 11 is 0. The fourth-order valence-electron chi connectivity index (χ4n) is 2.80. The van der Waals surface area contributed by atoms with Gasteiger partial charge in [0.05, 0.1) is 17.4 Å². The van der Waals surface area contributed by atoms with Crippen molar-refractivity contribution in [1.29, 1.82) is 0 Å². The van der Waals surface area contributed by atoms with Gasteiger partial charge in [-0.3, -0.25) is 0 Å². The lowest BCUT2D eigenvalue weighted by atomic mass is 9.80. The number of carbonyl (C=O) groups is 1. The number of pyridine rings is 1. The molecule has 0 saturated heterocycles. The summed E-state index contributed by atoms with van der Waals surface area (Å²) < 4.78 is 0. The van der Waals surface area contributed by atoms with Crippen LogP contribution in [0.1, 0.15) is 43.5 Å². The van der Waals surface area contributed by atoms with E-state index in [4.69, 9.17) is 10.8 Å². The van der Waals surface area contributed by atoms with Gasteiger partial charge in [0.2, 0.25) is 0 Å².